The minimum atomic E-state index is -3.67. The number of benzene rings is 2. The SMILES string of the molecule is CS(=O)(=O)O.OCCN(Cc1ccccc1)Cc1ccccc1. The second kappa shape index (κ2) is 10.1. The average molecular weight is 337 g/mol. The van der Waals surface area contributed by atoms with Crippen molar-refractivity contribution in [2.45, 2.75) is 13.1 Å². The summed E-state index contributed by atoms with van der Waals surface area (Å²) in [7, 11) is -3.67. The maximum Gasteiger partial charge on any atom is 0.261 e. The molecule has 2 aromatic rings. The third kappa shape index (κ3) is 10.6. The van der Waals surface area contributed by atoms with Crippen LogP contribution in [0.4, 0.5) is 0 Å². The van der Waals surface area contributed by atoms with Gasteiger partial charge in [0.15, 0.2) is 0 Å². The Morgan fingerprint density at radius 3 is 1.52 bits per heavy atom. The molecule has 0 aliphatic carbocycles. The van der Waals surface area contributed by atoms with Crippen LogP contribution in [0.1, 0.15) is 11.1 Å². The van der Waals surface area contributed by atoms with Crippen molar-refractivity contribution in [1.82, 2.24) is 4.90 Å². The molecular weight excluding hydrogens is 314 g/mol. The number of nitrogens with zero attached hydrogens (tertiary/aromatic N) is 1. The largest absolute Gasteiger partial charge is 0.395 e. The van der Waals surface area contributed by atoms with Crippen LogP contribution in [0, 0.1) is 0 Å². The van der Waals surface area contributed by atoms with Crippen LogP contribution in [0.2, 0.25) is 0 Å². The summed E-state index contributed by atoms with van der Waals surface area (Å²) in [6, 6.07) is 20.7. The van der Waals surface area contributed by atoms with Gasteiger partial charge < -0.3 is 5.11 Å². The molecular formula is C17H23NO4S. The molecule has 0 aliphatic heterocycles. The van der Waals surface area contributed by atoms with E-state index in [2.05, 4.69) is 53.4 Å². The molecule has 126 valence electrons. The van der Waals surface area contributed by atoms with Gasteiger partial charge in [0.1, 0.15) is 0 Å². The molecule has 2 N–H and O–H groups in total. The summed E-state index contributed by atoms with van der Waals surface area (Å²) >= 11 is 0. The van der Waals surface area contributed by atoms with Crippen molar-refractivity contribution in [1.29, 1.82) is 0 Å². The molecule has 23 heavy (non-hydrogen) atoms. The zero-order valence-corrected chi connectivity index (χ0v) is 14.0. The molecule has 0 fully saturated rings. The lowest BCUT2D eigenvalue weighted by molar-refractivity contribution is 0.184. The van der Waals surface area contributed by atoms with Gasteiger partial charge in [0.25, 0.3) is 10.1 Å². The van der Waals surface area contributed by atoms with Gasteiger partial charge in [0.05, 0.1) is 12.9 Å². The molecule has 5 nitrogen and oxygen atoms in total. The third-order valence-electron chi connectivity index (χ3n) is 2.91. The predicted molar refractivity (Wildman–Crippen MR) is 91.6 cm³/mol. The Bertz CT molecular complexity index is 595. The Morgan fingerprint density at radius 2 is 1.22 bits per heavy atom. The highest BCUT2D eigenvalue weighted by Gasteiger charge is 2.06. The molecule has 2 aromatic carbocycles. The lowest BCUT2D eigenvalue weighted by Crippen LogP contribution is -2.26. The van der Waals surface area contributed by atoms with Crippen LogP contribution in [-0.2, 0) is 23.2 Å². The van der Waals surface area contributed by atoms with Gasteiger partial charge in [0.2, 0.25) is 0 Å². The Kier molecular flexibility index (Phi) is 8.50. The summed E-state index contributed by atoms with van der Waals surface area (Å²) in [6.07, 6.45) is 0.715. The maximum absolute atomic E-state index is 9.19. The lowest BCUT2D eigenvalue weighted by atomic mass is 10.1. The summed E-state index contributed by atoms with van der Waals surface area (Å²) in [5.74, 6) is 0. The van der Waals surface area contributed by atoms with E-state index in [1.807, 2.05) is 12.1 Å². The molecule has 6 heteroatoms. The molecule has 0 aliphatic rings. The van der Waals surface area contributed by atoms with Crippen molar-refractivity contribution in [2.24, 2.45) is 0 Å². The van der Waals surface area contributed by atoms with Crippen LogP contribution >= 0.6 is 0 Å². The van der Waals surface area contributed by atoms with E-state index in [9.17, 15) is 8.42 Å². The van der Waals surface area contributed by atoms with Gasteiger partial charge in [-0.3, -0.25) is 9.45 Å². The highest BCUT2D eigenvalue weighted by atomic mass is 32.2. The molecule has 2 rings (SSSR count). The van der Waals surface area contributed by atoms with Crippen molar-refractivity contribution in [3.05, 3.63) is 71.8 Å². The molecule has 0 heterocycles. The van der Waals surface area contributed by atoms with E-state index in [0.717, 1.165) is 13.1 Å². The topological polar surface area (TPSA) is 77.8 Å². The van der Waals surface area contributed by atoms with Crippen molar-refractivity contribution in [2.75, 3.05) is 19.4 Å². The van der Waals surface area contributed by atoms with Crippen LogP contribution in [0.25, 0.3) is 0 Å². The summed E-state index contributed by atoms with van der Waals surface area (Å²) < 4.78 is 25.9. The van der Waals surface area contributed by atoms with Gasteiger partial charge >= 0.3 is 0 Å². The summed E-state index contributed by atoms with van der Waals surface area (Å²) in [5, 5.41) is 9.15. The van der Waals surface area contributed by atoms with E-state index >= 15 is 0 Å². The van der Waals surface area contributed by atoms with Crippen molar-refractivity contribution in [3.63, 3.8) is 0 Å². The first-order chi connectivity index (χ1) is 10.9. The van der Waals surface area contributed by atoms with Crippen LogP contribution < -0.4 is 0 Å². The Labute approximate surface area is 138 Å². The van der Waals surface area contributed by atoms with Crippen LogP contribution in [0.15, 0.2) is 60.7 Å². The highest BCUT2D eigenvalue weighted by Crippen LogP contribution is 2.09. The molecule has 0 aromatic heterocycles. The van der Waals surface area contributed by atoms with E-state index in [4.69, 9.17) is 9.66 Å². The molecule has 0 atom stereocenters. The fourth-order valence-electron chi connectivity index (χ4n) is 2.04. The maximum atomic E-state index is 9.19. The minimum absolute atomic E-state index is 0.194. The molecule has 0 amide bonds. The molecule has 0 saturated heterocycles. The lowest BCUT2D eigenvalue weighted by Gasteiger charge is -2.21. The fourth-order valence-corrected chi connectivity index (χ4v) is 2.04. The molecule has 0 bridgehead atoms. The van der Waals surface area contributed by atoms with Crippen LogP contribution in [-0.4, -0.2) is 42.4 Å². The van der Waals surface area contributed by atoms with Crippen LogP contribution in [0.3, 0.4) is 0 Å². The van der Waals surface area contributed by atoms with Gasteiger partial charge in [-0.15, -0.1) is 0 Å². The fraction of sp³-hybridized carbons (Fsp3) is 0.294. The number of hydrogen-bond acceptors (Lipinski definition) is 4. The Morgan fingerprint density at radius 1 is 0.870 bits per heavy atom. The normalized spacial score (nSPS) is 11.0. The standard InChI is InChI=1S/C16H19NO.CH4O3S/c18-12-11-17(13-15-7-3-1-4-8-15)14-16-9-5-2-6-10-16;1-5(2,3)4/h1-10,18H,11-14H2;1H3,(H,2,3,4). The highest BCUT2D eigenvalue weighted by molar-refractivity contribution is 7.85. The summed E-state index contributed by atoms with van der Waals surface area (Å²) in [4.78, 5) is 2.25. The number of aliphatic hydroxyl groups excluding tert-OH is 1. The number of hydrogen-bond donors (Lipinski definition) is 2. The minimum Gasteiger partial charge on any atom is -0.395 e. The molecule has 0 radical (unpaired) electrons. The molecule has 0 spiro atoms. The van der Waals surface area contributed by atoms with E-state index in [1.54, 1.807) is 0 Å². The smallest absolute Gasteiger partial charge is 0.261 e. The Hall–Kier alpha value is -1.73. The van der Waals surface area contributed by atoms with Gasteiger partial charge in [0, 0.05) is 19.6 Å². The first-order valence-corrected chi connectivity index (χ1v) is 9.07. The zero-order chi connectivity index (χ0) is 17.1. The van der Waals surface area contributed by atoms with Gasteiger partial charge in [-0.05, 0) is 11.1 Å². The molecule has 0 unspecified atom stereocenters. The van der Waals surface area contributed by atoms with Gasteiger partial charge in [-0.1, -0.05) is 60.7 Å². The third-order valence-corrected chi connectivity index (χ3v) is 2.91. The van der Waals surface area contributed by atoms with E-state index in [-0.39, 0.29) is 6.61 Å². The van der Waals surface area contributed by atoms with Crippen molar-refractivity contribution < 1.29 is 18.1 Å². The average Bonchev–Trinajstić information content (AvgIpc) is 2.48. The van der Waals surface area contributed by atoms with E-state index < -0.39 is 10.1 Å². The van der Waals surface area contributed by atoms with Gasteiger partial charge in [-0.25, -0.2) is 0 Å². The second-order valence-corrected chi connectivity index (χ2v) is 6.60. The van der Waals surface area contributed by atoms with E-state index in [1.165, 1.54) is 11.1 Å². The van der Waals surface area contributed by atoms with Gasteiger partial charge in [-0.2, -0.15) is 8.42 Å². The van der Waals surface area contributed by atoms with Crippen molar-refractivity contribution in [3.8, 4) is 0 Å². The zero-order valence-electron chi connectivity index (χ0n) is 13.2. The summed E-state index contributed by atoms with van der Waals surface area (Å²) in [5.41, 5.74) is 2.56. The van der Waals surface area contributed by atoms with Crippen LogP contribution in [0.5, 0.6) is 0 Å². The first-order valence-electron chi connectivity index (χ1n) is 7.22. The monoisotopic (exact) mass is 337 g/mol. The van der Waals surface area contributed by atoms with Crippen molar-refractivity contribution >= 4 is 10.1 Å². The second-order valence-electron chi connectivity index (χ2n) is 5.14. The van der Waals surface area contributed by atoms with E-state index in [0.29, 0.717) is 12.8 Å². The number of rotatable bonds is 6. The Balaban J connectivity index is 0.000000463. The summed E-state index contributed by atoms with van der Waals surface area (Å²) in [6.45, 7) is 2.63. The first kappa shape index (κ1) is 19.3. The predicted octanol–water partition coefficient (Wildman–Crippen LogP) is 2.19. The quantitative estimate of drug-likeness (QED) is 0.790. The molecule has 0 saturated carbocycles. The number of aliphatic hydroxyl groups is 1.